The van der Waals surface area contributed by atoms with E-state index >= 15 is 0 Å². The van der Waals surface area contributed by atoms with Gasteiger partial charge in [0.1, 0.15) is 17.1 Å². The highest BCUT2D eigenvalue weighted by molar-refractivity contribution is 6.30. The van der Waals surface area contributed by atoms with E-state index in [1.165, 1.54) is 23.8 Å². The van der Waals surface area contributed by atoms with Crippen molar-refractivity contribution in [1.82, 2.24) is 4.90 Å². The molecule has 1 aliphatic heterocycles. The molecule has 0 radical (unpaired) electrons. The van der Waals surface area contributed by atoms with Crippen molar-refractivity contribution in [3.8, 4) is 22.6 Å². The molecule has 7 heteroatoms. The van der Waals surface area contributed by atoms with Gasteiger partial charge in [-0.05, 0) is 53.1 Å². The second-order valence-corrected chi connectivity index (χ2v) is 10.5. The van der Waals surface area contributed by atoms with Gasteiger partial charge in [0, 0.05) is 75.3 Å². The van der Waals surface area contributed by atoms with Crippen molar-refractivity contribution in [2.45, 2.75) is 6.54 Å². The Morgan fingerprint density at radius 3 is 2.35 bits per heavy atom. The minimum absolute atomic E-state index is 0.402. The van der Waals surface area contributed by atoms with Crippen molar-refractivity contribution in [2.75, 3.05) is 57.2 Å². The van der Waals surface area contributed by atoms with Crippen molar-refractivity contribution < 1.29 is 14.3 Å². The number of halogens is 1. The Morgan fingerprint density at radius 1 is 0.875 bits per heavy atom. The highest BCUT2D eigenvalue weighted by Crippen LogP contribution is 2.33. The zero-order chi connectivity index (χ0) is 28.1. The summed E-state index contributed by atoms with van der Waals surface area (Å²) in [5.41, 5.74) is 6.15. The number of rotatable bonds is 8. The van der Waals surface area contributed by atoms with Gasteiger partial charge in [0.05, 0.1) is 7.11 Å². The second-order valence-electron chi connectivity index (χ2n) is 10.1. The molecule has 1 heterocycles. The largest absolute Gasteiger partial charge is 0.465 e. The summed E-state index contributed by atoms with van der Waals surface area (Å²) in [5, 5.41) is 0.743. The number of carbonyl (C=O) groups excluding carboxylic acids is 1. The van der Waals surface area contributed by atoms with Crippen LogP contribution in [0.3, 0.4) is 0 Å². The van der Waals surface area contributed by atoms with Crippen LogP contribution in [0.25, 0.3) is 11.1 Å². The molecule has 6 nitrogen and oxygen atoms in total. The average Bonchev–Trinajstić information content (AvgIpc) is 2.98. The standard InChI is InChI=1S/C33H34ClN3O3/c1-35(2)27-8-6-9-29(21-27)40-32-22-28(15-16-31(32)33(38)39-3)37-19-17-36(18-20-37)23-25-7-4-5-10-30(25)24-11-13-26(34)14-12-24/h4-16,21-22H,17-20,23H2,1-3H3. The molecule has 0 N–H and O–H groups in total. The summed E-state index contributed by atoms with van der Waals surface area (Å²) in [6, 6.07) is 30.1. The summed E-state index contributed by atoms with van der Waals surface area (Å²) in [7, 11) is 5.35. The van der Waals surface area contributed by atoms with Gasteiger partial charge in [-0.15, -0.1) is 0 Å². The van der Waals surface area contributed by atoms with Crippen LogP contribution in [0.5, 0.6) is 11.5 Å². The van der Waals surface area contributed by atoms with E-state index in [9.17, 15) is 4.79 Å². The van der Waals surface area contributed by atoms with Crippen LogP contribution in [0.4, 0.5) is 11.4 Å². The SMILES string of the molecule is COC(=O)c1ccc(N2CCN(Cc3ccccc3-c3ccc(Cl)cc3)CC2)cc1Oc1cccc(N(C)C)c1. The van der Waals surface area contributed by atoms with E-state index in [0.29, 0.717) is 17.1 Å². The summed E-state index contributed by atoms with van der Waals surface area (Å²) in [4.78, 5) is 19.3. The lowest BCUT2D eigenvalue weighted by Crippen LogP contribution is -2.46. The molecule has 40 heavy (non-hydrogen) atoms. The molecular formula is C33H34ClN3O3. The quantitative estimate of drug-likeness (QED) is 0.219. The Morgan fingerprint density at radius 2 is 1.62 bits per heavy atom. The molecule has 1 fully saturated rings. The number of carbonyl (C=O) groups is 1. The molecule has 0 saturated carbocycles. The fourth-order valence-corrected chi connectivity index (χ4v) is 5.12. The molecule has 1 saturated heterocycles. The van der Waals surface area contributed by atoms with Crippen molar-refractivity contribution in [2.24, 2.45) is 0 Å². The van der Waals surface area contributed by atoms with Gasteiger partial charge in [-0.3, -0.25) is 4.90 Å². The van der Waals surface area contributed by atoms with Crippen LogP contribution in [0.2, 0.25) is 5.02 Å². The lowest BCUT2D eigenvalue weighted by atomic mass is 9.99. The summed E-state index contributed by atoms with van der Waals surface area (Å²) < 4.78 is 11.3. The number of nitrogens with zero attached hydrogens (tertiary/aromatic N) is 3. The van der Waals surface area contributed by atoms with Gasteiger partial charge in [-0.1, -0.05) is 54.1 Å². The van der Waals surface area contributed by atoms with E-state index in [1.807, 2.05) is 67.5 Å². The molecule has 0 aromatic heterocycles. The van der Waals surface area contributed by atoms with E-state index in [4.69, 9.17) is 21.1 Å². The Balaban J connectivity index is 1.30. The normalized spacial score (nSPS) is 13.7. The number of ether oxygens (including phenoxy) is 2. The number of anilines is 2. The molecule has 0 amide bonds. The van der Waals surface area contributed by atoms with Crippen LogP contribution in [-0.4, -0.2) is 58.3 Å². The van der Waals surface area contributed by atoms with E-state index in [1.54, 1.807) is 6.07 Å². The number of benzene rings is 4. The molecule has 0 aliphatic carbocycles. The minimum Gasteiger partial charge on any atom is -0.465 e. The number of hydrogen-bond donors (Lipinski definition) is 0. The van der Waals surface area contributed by atoms with Gasteiger partial charge in [-0.2, -0.15) is 0 Å². The second kappa shape index (κ2) is 12.5. The lowest BCUT2D eigenvalue weighted by molar-refractivity contribution is 0.0598. The fraction of sp³-hybridized carbons (Fsp3) is 0.242. The summed E-state index contributed by atoms with van der Waals surface area (Å²) in [6.45, 7) is 4.47. The third-order valence-electron chi connectivity index (χ3n) is 7.24. The van der Waals surface area contributed by atoms with Crippen molar-refractivity contribution in [3.63, 3.8) is 0 Å². The zero-order valence-electron chi connectivity index (χ0n) is 23.1. The third-order valence-corrected chi connectivity index (χ3v) is 7.49. The van der Waals surface area contributed by atoms with Crippen molar-refractivity contribution in [3.05, 3.63) is 107 Å². The van der Waals surface area contributed by atoms with E-state index in [0.717, 1.165) is 49.1 Å². The van der Waals surface area contributed by atoms with Gasteiger partial charge in [0.2, 0.25) is 0 Å². The van der Waals surface area contributed by atoms with E-state index < -0.39 is 5.97 Å². The Bertz CT molecular complexity index is 1460. The first-order valence-electron chi connectivity index (χ1n) is 13.4. The van der Waals surface area contributed by atoms with E-state index in [-0.39, 0.29) is 0 Å². The molecule has 0 unspecified atom stereocenters. The Kier molecular flexibility index (Phi) is 8.58. The van der Waals surface area contributed by atoms with Crippen LogP contribution in [0.1, 0.15) is 15.9 Å². The fourth-order valence-electron chi connectivity index (χ4n) is 5.00. The molecule has 5 rings (SSSR count). The maximum absolute atomic E-state index is 12.5. The van der Waals surface area contributed by atoms with Crippen LogP contribution in [0.15, 0.2) is 91.0 Å². The predicted octanol–water partition coefficient (Wildman–Crippen LogP) is 6.97. The van der Waals surface area contributed by atoms with Gasteiger partial charge < -0.3 is 19.3 Å². The number of piperazine rings is 1. The molecule has 0 spiro atoms. The maximum Gasteiger partial charge on any atom is 0.341 e. The highest BCUT2D eigenvalue weighted by Gasteiger charge is 2.21. The predicted molar refractivity (Wildman–Crippen MR) is 163 cm³/mol. The number of methoxy groups -OCH3 is 1. The van der Waals surface area contributed by atoms with Crippen LogP contribution >= 0.6 is 11.6 Å². The minimum atomic E-state index is -0.422. The van der Waals surface area contributed by atoms with Gasteiger partial charge in [-0.25, -0.2) is 4.79 Å². The molecule has 4 aromatic rings. The Labute approximate surface area is 241 Å². The molecular weight excluding hydrogens is 522 g/mol. The molecule has 4 aromatic carbocycles. The number of esters is 1. The van der Waals surface area contributed by atoms with Gasteiger partial charge in [0.15, 0.2) is 0 Å². The summed E-state index contributed by atoms with van der Waals surface area (Å²) in [5.74, 6) is 0.728. The summed E-state index contributed by atoms with van der Waals surface area (Å²) >= 11 is 6.11. The van der Waals surface area contributed by atoms with Crippen LogP contribution < -0.4 is 14.5 Å². The smallest absolute Gasteiger partial charge is 0.341 e. The highest BCUT2D eigenvalue weighted by atomic mass is 35.5. The molecule has 206 valence electrons. The maximum atomic E-state index is 12.5. The monoisotopic (exact) mass is 555 g/mol. The van der Waals surface area contributed by atoms with E-state index in [2.05, 4.69) is 46.2 Å². The first-order chi connectivity index (χ1) is 19.4. The third kappa shape index (κ3) is 6.41. The number of hydrogen-bond acceptors (Lipinski definition) is 6. The van der Waals surface area contributed by atoms with Crippen molar-refractivity contribution >= 4 is 28.9 Å². The molecule has 0 atom stereocenters. The van der Waals surface area contributed by atoms with Crippen LogP contribution in [-0.2, 0) is 11.3 Å². The van der Waals surface area contributed by atoms with Gasteiger partial charge in [0.25, 0.3) is 0 Å². The Hall–Kier alpha value is -4.00. The topological polar surface area (TPSA) is 45.3 Å². The molecule has 1 aliphatic rings. The van der Waals surface area contributed by atoms with Gasteiger partial charge >= 0.3 is 5.97 Å². The average molecular weight is 556 g/mol. The first kappa shape index (κ1) is 27.6. The molecule has 0 bridgehead atoms. The lowest BCUT2D eigenvalue weighted by Gasteiger charge is -2.36. The zero-order valence-corrected chi connectivity index (χ0v) is 23.9. The van der Waals surface area contributed by atoms with Crippen molar-refractivity contribution in [1.29, 1.82) is 0 Å². The summed E-state index contributed by atoms with van der Waals surface area (Å²) in [6.07, 6.45) is 0. The van der Waals surface area contributed by atoms with Crippen LogP contribution in [0, 0.1) is 0 Å². The first-order valence-corrected chi connectivity index (χ1v) is 13.8.